The summed E-state index contributed by atoms with van der Waals surface area (Å²) < 4.78 is 0.836. The van der Waals surface area contributed by atoms with Gasteiger partial charge in [0.05, 0.1) is 63.5 Å². The van der Waals surface area contributed by atoms with Crippen LogP contribution < -0.4 is 10.4 Å². The molecule has 2 N–H and O–H groups in total. The molecule has 0 aliphatic carbocycles. The first kappa shape index (κ1) is 23.5. The highest BCUT2D eigenvalue weighted by molar-refractivity contribution is 8.03. The molecule has 0 aromatic heterocycles. The summed E-state index contributed by atoms with van der Waals surface area (Å²) in [6, 6.07) is -0.183. The van der Waals surface area contributed by atoms with Gasteiger partial charge in [-0.15, -0.1) is 11.8 Å². The molecule has 0 aromatic carbocycles. The van der Waals surface area contributed by atoms with Crippen molar-refractivity contribution >= 4 is 29.5 Å². The fourth-order valence-corrected chi connectivity index (χ4v) is 7.10. The molecule has 0 bridgehead atoms. The average molecular weight is 467 g/mol. The number of nitrogens with one attached hydrogen (secondary N) is 1. The number of likely N-dealkylation sites (tertiary alicyclic amines) is 1. The van der Waals surface area contributed by atoms with Crippen LogP contribution >= 0.6 is 11.8 Å². The van der Waals surface area contributed by atoms with Gasteiger partial charge in [-0.1, -0.05) is 6.92 Å². The maximum atomic E-state index is 13.1. The lowest BCUT2D eigenvalue weighted by Crippen LogP contribution is -2.64. The van der Waals surface area contributed by atoms with Crippen LogP contribution in [0.4, 0.5) is 0 Å². The van der Waals surface area contributed by atoms with Crippen LogP contribution in [0.3, 0.4) is 0 Å². The summed E-state index contributed by atoms with van der Waals surface area (Å²) in [6.07, 6.45) is 0.781. The Kier molecular flexibility index (Phi) is 6.11. The number of carbonyl (C=O) groups excluding carboxylic acids is 3. The van der Waals surface area contributed by atoms with E-state index in [9.17, 15) is 24.6 Å². The summed E-state index contributed by atoms with van der Waals surface area (Å²) in [5.74, 6) is -2.38. The Balaban J connectivity index is 1.42. The predicted octanol–water partition coefficient (Wildman–Crippen LogP) is -1.42. The normalized spacial score (nSPS) is 35.9. The number of thioether (sulfide) groups is 1. The molecule has 7 atom stereocenters. The highest BCUT2D eigenvalue weighted by atomic mass is 32.2. The Labute approximate surface area is 193 Å². The number of carbonyl (C=O) groups is 3. The van der Waals surface area contributed by atoms with E-state index < -0.39 is 18.0 Å². The van der Waals surface area contributed by atoms with Crippen molar-refractivity contribution in [2.24, 2.45) is 11.8 Å². The monoisotopic (exact) mass is 466 g/mol. The van der Waals surface area contributed by atoms with Gasteiger partial charge in [0.15, 0.2) is 0 Å². The zero-order valence-corrected chi connectivity index (χ0v) is 20.2. The van der Waals surface area contributed by atoms with Crippen molar-refractivity contribution in [3.8, 4) is 0 Å². The second-order valence-corrected chi connectivity index (χ2v) is 11.9. The lowest BCUT2D eigenvalue weighted by molar-refractivity contribution is -0.893. The Morgan fingerprint density at radius 1 is 1.31 bits per heavy atom. The number of likely N-dealkylation sites (N-methyl/N-ethyl adjacent to an activating group) is 1. The van der Waals surface area contributed by atoms with Gasteiger partial charge in [-0.25, -0.2) is 0 Å². The molecule has 9 nitrogen and oxygen atoms in total. The minimum Gasteiger partial charge on any atom is -0.543 e. The molecule has 0 spiro atoms. The molecule has 178 valence electrons. The van der Waals surface area contributed by atoms with Crippen molar-refractivity contribution in [1.29, 1.82) is 0 Å². The molecule has 3 fully saturated rings. The van der Waals surface area contributed by atoms with Gasteiger partial charge in [0.2, 0.25) is 11.8 Å². The molecule has 3 saturated heterocycles. The van der Waals surface area contributed by atoms with Gasteiger partial charge < -0.3 is 34.6 Å². The number of β-lactam (4-membered cyclic amide) rings is 1. The quantitative estimate of drug-likeness (QED) is 0.365. The van der Waals surface area contributed by atoms with Crippen LogP contribution in [0.1, 0.15) is 26.7 Å². The second kappa shape index (κ2) is 8.30. The lowest BCUT2D eigenvalue weighted by Gasteiger charge is -2.47. The number of aliphatic hydroxyl groups excluding tert-OH is 1. The number of rotatable bonds is 6. The highest BCUT2D eigenvalue weighted by Gasteiger charge is 2.59. The molecule has 0 saturated carbocycles. The van der Waals surface area contributed by atoms with Gasteiger partial charge in [-0.2, -0.15) is 0 Å². The predicted molar refractivity (Wildman–Crippen MR) is 118 cm³/mol. The Bertz CT molecular complexity index is 854. The van der Waals surface area contributed by atoms with Gasteiger partial charge >= 0.3 is 0 Å². The SMILES string of the molecule is CC(O)C1C(=O)N2C(C(=O)[O-])=C(SC3CNC(C(=O)N4CCC([N+](C)(C)C)C4)C3)C(C)[C@@H]12. The van der Waals surface area contributed by atoms with Crippen LogP contribution in [-0.4, -0.2) is 107 Å². The number of amides is 2. The van der Waals surface area contributed by atoms with Crippen LogP contribution in [0.5, 0.6) is 0 Å². The highest BCUT2D eigenvalue weighted by Crippen LogP contribution is 2.51. The van der Waals surface area contributed by atoms with Gasteiger partial charge in [0.25, 0.3) is 0 Å². The number of hydrogen-bond acceptors (Lipinski definition) is 7. The minimum atomic E-state index is -1.36. The topological polar surface area (TPSA) is 113 Å². The number of fused-ring (bicyclic) bond motifs is 1. The summed E-state index contributed by atoms with van der Waals surface area (Å²) in [6.45, 7) is 5.59. The maximum absolute atomic E-state index is 13.1. The number of hydrogen-bond donors (Lipinski definition) is 2. The molecule has 10 heteroatoms. The number of nitrogens with zero attached hydrogens (tertiary/aromatic N) is 3. The third-order valence-electron chi connectivity index (χ3n) is 7.55. The van der Waals surface area contributed by atoms with Gasteiger partial charge in [-0.3, -0.25) is 9.59 Å². The Hall–Kier alpha value is -1.62. The standard InChI is InChI=1S/C22H34N4O5S/c1-11-17-16(12(2)27)21(29)25(17)18(22(30)31)19(11)32-14-8-15(23-9-14)20(28)24-7-6-13(10-24)26(3,4)5/h11-17,23,27H,6-10H2,1-5H3/t11?,12?,13?,14?,15?,16?,17-/m0/s1. The van der Waals surface area contributed by atoms with E-state index in [0.29, 0.717) is 23.9 Å². The fraction of sp³-hybridized carbons (Fsp3) is 0.773. The van der Waals surface area contributed by atoms with E-state index in [-0.39, 0.29) is 40.8 Å². The third kappa shape index (κ3) is 3.85. The Morgan fingerprint density at radius 2 is 2.00 bits per heavy atom. The number of carboxylic acids is 1. The summed E-state index contributed by atoms with van der Waals surface area (Å²) in [4.78, 5) is 41.3. The molecule has 32 heavy (non-hydrogen) atoms. The number of aliphatic carboxylic acids is 1. The maximum Gasteiger partial charge on any atom is 0.239 e. The van der Waals surface area contributed by atoms with Crippen molar-refractivity contribution in [2.45, 2.75) is 56.2 Å². The molecule has 2 amide bonds. The van der Waals surface area contributed by atoms with Crippen molar-refractivity contribution in [2.75, 3.05) is 40.8 Å². The van der Waals surface area contributed by atoms with Crippen LogP contribution in [0, 0.1) is 11.8 Å². The van der Waals surface area contributed by atoms with Gasteiger partial charge in [0, 0.05) is 35.6 Å². The Morgan fingerprint density at radius 3 is 2.56 bits per heavy atom. The van der Waals surface area contributed by atoms with E-state index >= 15 is 0 Å². The van der Waals surface area contributed by atoms with E-state index in [2.05, 4.69) is 26.5 Å². The van der Waals surface area contributed by atoms with E-state index in [0.717, 1.165) is 24.0 Å². The number of aliphatic hydroxyl groups is 1. The van der Waals surface area contributed by atoms with Crippen molar-refractivity contribution in [3.63, 3.8) is 0 Å². The van der Waals surface area contributed by atoms with Gasteiger partial charge in [0.1, 0.15) is 6.04 Å². The van der Waals surface area contributed by atoms with Crippen molar-refractivity contribution in [3.05, 3.63) is 10.6 Å². The molecule has 4 aliphatic heterocycles. The zero-order valence-electron chi connectivity index (χ0n) is 19.4. The summed E-state index contributed by atoms with van der Waals surface area (Å²) >= 11 is 1.44. The van der Waals surface area contributed by atoms with E-state index in [1.165, 1.54) is 16.7 Å². The first-order valence-electron chi connectivity index (χ1n) is 11.4. The zero-order chi connectivity index (χ0) is 23.5. The average Bonchev–Trinajstić information content (AvgIpc) is 3.40. The smallest absolute Gasteiger partial charge is 0.239 e. The van der Waals surface area contributed by atoms with E-state index in [1.807, 2.05) is 11.8 Å². The van der Waals surface area contributed by atoms with Crippen LogP contribution in [0.25, 0.3) is 0 Å². The van der Waals surface area contributed by atoms with Crippen LogP contribution in [0.2, 0.25) is 0 Å². The summed E-state index contributed by atoms with van der Waals surface area (Å²) in [5, 5.41) is 25.2. The first-order chi connectivity index (χ1) is 14.9. The summed E-state index contributed by atoms with van der Waals surface area (Å²) in [5.41, 5.74) is -0.0606. The van der Waals surface area contributed by atoms with Crippen molar-refractivity contribution < 1.29 is 29.1 Å². The summed E-state index contributed by atoms with van der Waals surface area (Å²) in [7, 11) is 6.46. The van der Waals surface area contributed by atoms with E-state index in [4.69, 9.17) is 0 Å². The molecule has 0 radical (unpaired) electrons. The largest absolute Gasteiger partial charge is 0.543 e. The minimum absolute atomic E-state index is 0.0337. The molecular formula is C22H34N4O5S. The molecule has 6 unspecified atom stereocenters. The third-order valence-corrected chi connectivity index (χ3v) is 9.07. The fourth-order valence-electron chi connectivity index (χ4n) is 5.62. The van der Waals surface area contributed by atoms with Crippen LogP contribution in [0.15, 0.2) is 10.6 Å². The lowest BCUT2D eigenvalue weighted by atomic mass is 9.79. The first-order valence-corrected chi connectivity index (χ1v) is 12.3. The van der Waals surface area contributed by atoms with Crippen molar-refractivity contribution in [1.82, 2.24) is 15.1 Å². The second-order valence-electron chi connectivity index (χ2n) is 10.5. The molecule has 4 aliphatic rings. The number of quaternary nitrogens is 1. The molecule has 4 rings (SSSR count). The molecular weight excluding hydrogens is 432 g/mol. The van der Waals surface area contributed by atoms with E-state index in [1.54, 1.807) is 6.92 Å². The number of carboxylic acid groups (broad SMARTS) is 1. The molecule has 0 aromatic rings. The van der Waals surface area contributed by atoms with Gasteiger partial charge in [-0.05, 0) is 13.3 Å². The van der Waals surface area contributed by atoms with Crippen LogP contribution in [-0.2, 0) is 14.4 Å². The molecule has 4 heterocycles.